The fourth-order valence-corrected chi connectivity index (χ4v) is 2.80. The Bertz CT molecular complexity index is 636. The number of rotatable bonds is 3. The predicted molar refractivity (Wildman–Crippen MR) is 73.6 cm³/mol. The highest BCUT2D eigenvalue weighted by Crippen LogP contribution is 2.38. The lowest BCUT2D eigenvalue weighted by atomic mass is 10.2. The number of halogens is 3. The topological polar surface area (TPSA) is 67.2 Å². The largest absolute Gasteiger partial charge is 0.435 e. The molecular weight excluding hydrogens is 313 g/mol. The molecule has 1 N–H and O–H groups in total. The summed E-state index contributed by atoms with van der Waals surface area (Å²) in [5.74, 6) is -0.653. The molecule has 0 radical (unpaired) electrons. The number of amides is 2. The van der Waals surface area contributed by atoms with Crippen LogP contribution in [0, 0.1) is 0 Å². The zero-order valence-corrected chi connectivity index (χ0v) is 12.6. The van der Waals surface area contributed by atoms with Crippen molar-refractivity contribution in [2.45, 2.75) is 44.4 Å². The van der Waals surface area contributed by atoms with E-state index < -0.39 is 17.8 Å². The molecule has 1 unspecified atom stereocenters. The summed E-state index contributed by atoms with van der Waals surface area (Å²) >= 11 is 0. The number of carbonyl (C=O) groups excluding carboxylic acids is 2. The molecule has 126 valence electrons. The summed E-state index contributed by atoms with van der Waals surface area (Å²) in [5.41, 5.74) is -1.06. The minimum atomic E-state index is -4.57. The molecule has 1 atom stereocenters. The molecule has 3 rings (SSSR count). The number of hydrogen-bond donors (Lipinski definition) is 1. The van der Waals surface area contributed by atoms with Gasteiger partial charge >= 0.3 is 6.18 Å². The Morgan fingerprint density at radius 2 is 2.00 bits per heavy atom. The van der Waals surface area contributed by atoms with Crippen LogP contribution in [-0.2, 0) is 11.0 Å². The highest BCUT2D eigenvalue weighted by Gasteiger charge is 2.40. The van der Waals surface area contributed by atoms with Gasteiger partial charge in [-0.05, 0) is 19.3 Å². The lowest BCUT2D eigenvalue weighted by Gasteiger charge is -2.17. The van der Waals surface area contributed by atoms with Crippen LogP contribution in [0.3, 0.4) is 0 Å². The van der Waals surface area contributed by atoms with Crippen LogP contribution in [0.15, 0.2) is 6.07 Å². The van der Waals surface area contributed by atoms with Gasteiger partial charge in [0.25, 0.3) is 5.91 Å². The maximum Gasteiger partial charge on any atom is 0.435 e. The SMILES string of the molecule is CC(=O)NC1CCN(C(=O)c2cc(C(F)(F)F)nn2C2CC2)C1. The molecule has 2 amide bonds. The molecule has 1 aromatic rings. The first kappa shape index (κ1) is 15.8. The van der Waals surface area contributed by atoms with Gasteiger partial charge in [-0.1, -0.05) is 0 Å². The van der Waals surface area contributed by atoms with Crippen molar-refractivity contribution in [3.05, 3.63) is 17.5 Å². The summed E-state index contributed by atoms with van der Waals surface area (Å²) in [6.07, 6.45) is -2.52. The molecular formula is C14H17F3N4O2. The fourth-order valence-electron chi connectivity index (χ4n) is 2.80. The van der Waals surface area contributed by atoms with Crippen molar-refractivity contribution < 1.29 is 22.8 Å². The number of hydrogen-bond acceptors (Lipinski definition) is 3. The van der Waals surface area contributed by atoms with E-state index >= 15 is 0 Å². The maximum absolute atomic E-state index is 12.9. The van der Waals surface area contributed by atoms with Crippen molar-refractivity contribution >= 4 is 11.8 Å². The summed E-state index contributed by atoms with van der Waals surface area (Å²) in [4.78, 5) is 25.1. The van der Waals surface area contributed by atoms with Crippen molar-refractivity contribution in [1.29, 1.82) is 0 Å². The van der Waals surface area contributed by atoms with Crippen LogP contribution in [-0.4, -0.2) is 45.6 Å². The van der Waals surface area contributed by atoms with E-state index in [-0.39, 0.29) is 23.7 Å². The van der Waals surface area contributed by atoms with Gasteiger partial charge in [0.2, 0.25) is 5.91 Å². The van der Waals surface area contributed by atoms with Crippen LogP contribution in [0.1, 0.15) is 48.4 Å². The third-order valence-corrected chi connectivity index (χ3v) is 4.02. The van der Waals surface area contributed by atoms with Crippen molar-refractivity contribution in [1.82, 2.24) is 20.0 Å². The number of nitrogens with one attached hydrogen (secondary N) is 1. The summed E-state index contributed by atoms with van der Waals surface area (Å²) in [6, 6.07) is 0.543. The van der Waals surface area contributed by atoms with Gasteiger partial charge < -0.3 is 10.2 Å². The van der Waals surface area contributed by atoms with E-state index in [4.69, 9.17) is 0 Å². The predicted octanol–water partition coefficient (Wildman–Crippen LogP) is 1.59. The Balaban J connectivity index is 1.79. The molecule has 1 aliphatic carbocycles. The molecule has 1 aromatic heterocycles. The van der Waals surface area contributed by atoms with E-state index in [1.54, 1.807) is 0 Å². The van der Waals surface area contributed by atoms with E-state index in [2.05, 4.69) is 10.4 Å². The molecule has 0 spiro atoms. The second-order valence-electron chi connectivity index (χ2n) is 6.03. The first-order valence-electron chi connectivity index (χ1n) is 7.49. The number of nitrogens with zero attached hydrogens (tertiary/aromatic N) is 3. The number of carbonyl (C=O) groups is 2. The first-order chi connectivity index (χ1) is 10.8. The molecule has 0 aromatic carbocycles. The molecule has 1 aliphatic heterocycles. The molecule has 6 nitrogen and oxygen atoms in total. The lowest BCUT2D eigenvalue weighted by molar-refractivity contribution is -0.141. The van der Waals surface area contributed by atoms with Gasteiger partial charge in [0, 0.05) is 32.1 Å². The number of alkyl halides is 3. The maximum atomic E-state index is 12.9. The fraction of sp³-hybridized carbons (Fsp3) is 0.643. The zero-order valence-electron chi connectivity index (χ0n) is 12.6. The number of likely N-dealkylation sites (tertiary alicyclic amines) is 1. The lowest BCUT2D eigenvalue weighted by Crippen LogP contribution is -2.37. The van der Waals surface area contributed by atoms with E-state index in [0.29, 0.717) is 19.5 Å². The second-order valence-corrected chi connectivity index (χ2v) is 6.03. The van der Waals surface area contributed by atoms with Crippen molar-refractivity contribution in [2.24, 2.45) is 0 Å². The number of aromatic nitrogens is 2. The third-order valence-electron chi connectivity index (χ3n) is 4.02. The first-order valence-corrected chi connectivity index (χ1v) is 7.49. The average Bonchev–Trinajstić information content (AvgIpc) is 3.00. The van der Waals surface area contributed by atoms with Gasteiger partial charge in [0.15, 0.2) is 5.69 Å². The summed E-state index contributed by atoms with van der Waals surface area (Å²) < 4.78 is 39.8. The van der Waals surface area contributed by atoms with E-state index in [1.165, 1.54) is 16.5 Å². The molecule has 1 saturated heterocycles. The Hall–Kier alpha value is -2.06. The van der Waals surface area contributed by atoms with E-state index in [0.717, 1.165) is 18.9 Å². The van der Waals surface area contributed by atoms with Crippen molar-refractivity contribution in [3.63, 3.8) is 0 Å². The molecule has 23 heavy (non-hydrogen) atoms. The monoisotopic (exact) mass is 330 g/mol. The normalized spacial score (nSPS) is 21.6. The van der Waals surface area contributed by atoms with E-state index in [1.807, 2.05) is 0 Å². The minimum Gasteiger partial charge on any atom is -0.352 e. The van der Waals surface area contributed by atoms with Crippen molar-refractivity contribution in [2.75, 3.05) is 13.1 Å². The van der Waals surface area contributed by atoms with Crippen LogP contribution in [0.2, 0.25) is 0 Å². The molecule has 2 aliphatic rings. The van der Waals surface area contributed by atoms with Gasteiger partial charge in [-0.2, -0.15) is 18.3 Å². The van der Waals surface area contributed by atoms with Crippen LogP contribution in [0.25, 0.3) is 0 Å². The Morgan fingerprint density at radius 3 is 2.57 bits per heavy atom. The minimum absolute atomic E-state index is 0.0247. The standard InChI is InChI=1S/C14H17F3N4O2/c1-8(22)18-9-4-5-20(7-9)13(23)11-6-12(14(15,16)17)19-21(11)10-2-3-10/h6,9-10H,2-5,7H2,1H3,(H,18,22). The molecule has 9 heteroatoms. The van der Waals surface area contributed by atoms with Crippen LogP contribution >= 0.6 is 0 Å². The van der Waals surface area contributed by atoms with Gasteiger partial charge in [-0.15, -0.1) is 0 Å². The van der Waals surface area contributed by atoms with E-state index in [9.17, 15) is 22.8 Å². The van der Waals surface area contributed by atoms with Gasteiger partial charge in [-0.3, -0.25) is 14.3 Å². The van der Waals surface area contributed by atoms with Gasteiger partial charge in [0.05, 0.1) is 6.04 Å². The zero-order chi connectivity index (χ0) is 16.8. The van der Waals surface area contributed by atoms with Crippen LogP contribution in [0.4, 0.5) is 13.2 Å². The molecule has 2 heterocycles. The highest BCUT2D eigenvalue weighted by atomic mass is 19.4. The smallest absolute Gasteiger partial charge is 0.352 e. The van der Waals surface area contributed by atoms with Gasteiger partial charge in [0.1, 0.15) is 5.69 Å². The Morgan fingerprint density at radius 1 is 1.30 bits per heavy atom. The third kappa shape index (κ3) is 3.32. The Kier molecular flexibility index (Phi) is 3.81. The van der Waals surface area contributed by atoms with Gasteiger partial charge in [-0.25, -0.2) is 0 Å². The van der Waals surface area contributed by atoms with Crippen molar-refractivity contribution in [3.8, 4) is 0 Å². The Labute approximate surface area is 130 Å². The summed E-state index contributed by atoms with van der Waals surface area (Å²) in [7, 11) is 0. The second kappa shape index (κ2) is 5.54. The highest BCUT2D eigenvalue weighted by molar-refractivity contribution is 5.93. The molecule has 2 fully saturated rings. The quantitative estimate of drug-likeness (QED) is 0.915. The molecule has 1 saturated carbocycles. The van der Waals surface area contributed by atoms with Crippen LogP contribution in [0.5, 0.6) is 0 Å². The molecule has 0 bridgehead atoms. The average molecular weight is 330 g/mol. The van der Waals surface area contributed by atoms with Crippen LogP contribution < -0.4 is 5.32 Å². The summed E-state index contributed by atoms with van der Waals surface area (Å²) in [6.45, 7) is 2.10. The summed E-state index contributed by atoms with van der Waals surface area (Å²) in [5, 5.41) is 6.30.